The highest BCUT2D eigenvalue weighted by molar-refractivity contribution is 6.36. The van der Waals surface area contributed by atoms with E-state index >= 15 is 0 Å². The van der Waals surface area contributed by atoms with Gasteiger partial charge >= 0.3 is 6.09 Å². The average molecular weight is 402 g/mol. The van der Waals surface area contributed by atoms with Gasteiger partial charge in [-0.15, -0.1) is 0 Å². The van der Waals surface area contributed by atoms with E-state index in [4.69, 9.17) is 33.0 Å². The van der Waals surface area contributed by atoms with Gasteiger partial charge in [0.1, 0.15) is 11.9 Å². The average Bonchev–Trinajstić information content (AvgIpc) is 2.91. The summed E-state index contributed by atoms with van der Waals surface area (Å²) in [5, 5.41) is 10.7. The fourth-order valence-electron chi connectivity index (χ4n) is 2.43. The van der Waals surface area contributed by atoms with Crippen LogP contribution in [-0.4, -0.2) is 21.2 Å². The summed E-state index contributed by atoms with van der Waals surface area (Å²) in [4.78, 5) is 17.2. The SMILES string of the molecule is CC(Oc1cc2[nH]c(NC(=O)O)nc2cc1F)c1c(Cl)ccc(F)c1Cl. The van der Waals surface area contributed by atoms with Crippen LogP contribution in [0.5, 0.6) is 5.75 Å². The van der Waals surface area contributed by atoms with Crippen LogP contribution in [0.1, 0.15) is 18.6 Å². The quantitative estimate of drug-likeness (QED) is 0.512. The molecule has 0 saturated carbocycles. The molecular formula is C16H11Cl2F2N3O3. The van der Waals surface area contributed by atoms with Crippen molar-refractivity contribution in [2.75, 3.05) is 5.32 Å². The molecule has 6 nitrogen and oxygen atoms in total. The normalized spacial score (nSPS) is 12.2. The molecule has 10 heteroatoms. The zero-order chi connectivity index (χ0) is 19.0. The molecule has 26 heavy (non-hydrogen) atoms. The van der Waals surface area contributed by atoms with Crippen LogP contribution < -0.4 is 10.1 Å². The number of rotatable bonds is 4. The summed E-state index contributed by atoms with van der Waals surface area (Å²) in [5.41, 5.74) is 0.729. The lowest BCUT2D eigenvalue weighted by Gasteiger charge is -2.18. The number of ether oxygens (including phenoxy) is 1. The van der Waals surface area contributed by atoms with Crippen LogP contribution in [0.25, 0.3) is 11.0 Å². The van der Waals surface area contributed by atoms with Gasteiger partial charge in [-0.1, -0.05) is 23.2 Å². The van der Waals surface area contributed by atoms with Crippen molar-refractivity contribution in [2.24, 2.45) is 0 Å². The van der Waals surface area contributed by atoms with Gasteiger partial charge in [0.05, 0.1) is 16.1 Å². The van der Waals surface area contributed by atoms with Gasteiger partial charge < -0.3 is 14.8 Å². The van der Waals surface area contributed by atoms with Gasteiger partial charge in [0.15, 0.2) is 11.6 Å². The van der Waals surface area contributed by atoms with E-state index in [0.29, 0.717) is 5.52 Å². The summed E-state index contributed by atoms with van der Waals surface area (Å²) in [6, 6.07) is 4.84. The van der Waals surface area contributed by atoms with E-state index in [1.807, 2.05) is 5.32 Å². The van der Waals surface area contributed by atoms with Crippen molar-refractivity contribution < 1.29 is 23.4 Å². The maximum absolute atomic E-state index is 14.3. The number of hydrogen-bond acceptors (Lipinski definition) is 3. The Kier molecular flexibility index (Phi) is 4.88. The lowest BCUT2D eigenvalue weighted by Crippen LogP contribution is -2.08. The highest BCUT2D eigenvalue weighted by atomic mass is 35.5. The first-order chi connectivity index (χ1) is 12.3. The monoisotopic (exact) mass is 401 g/mol. The van der Waals surface area contributed by atoms with Gasteiger partial charge in [-0.05, 0) is 19.1 Å². The van der Waals surface area contributed by atoms with Crippen LogP contribution in [-0.2, 0) is 0 Å². The van der Waals surface area contributed by atoms with E-state index < -0.39 is 23.8 Å². The molecule has 3 aromatic rings. The van der Waals surface area contributed by atoms with Crippen molar-refractivity contribution in [3.63, 3.8) is 0 Å². The molecule has 0 aliphatic heterocycles. The van der Waals surface area contributed by atoms with E-state index in [-0.39, 0.29) is 32.8 Å². The summed E-state index contributed by atoms with van der Waals surface area (Å²) < 4.78 is 33.5. The van der Waals surface area contributed by atoms with E-state index in [2.05, 4.69) is 9.97 Å². The van der Waals surface area contributed by atoms with Gasteiger partial charge in [-0.3, -0.25) is 5.32 Å². The molecule has 0 radical (unpaired) electrons. The van der Waals surface area contributed by atoms with Crippen molar-refractivity contribution in [1.82, 2.24) is 9.97 Å². The molecule has 3 N–H and O–H groups in total. The third-order valence-corrected chi connectivity index (χ3v) is 4.26. The molecule has 1 aromatic heterocycles. The number of H-pyrrole nitrogens is 1. The number of aromatic nitrogens is 2. The Labute approximate surface area is 155 Å². The lowest BCUT2D eigenvalue weighted by molar-refractivity contribution is 0.209. The number of fused-ring (bicyclic) bond motifs is 1. The molecule has 0 fully saturated rings. The van der Waals surface area contributed by atoms with Gasteiger partial charge in [0.25, 0.3) is 0 Å². The zero-order valence-corrected chi connectivity index (χ0v) is 14.6. The van der Waals surface area contributed by atoms with Crippen LogP contribution >= 0.6 is 23.2 Å². The van der Waals surface area contributed by atoms with Gasteiger partial charge in [0.2, 0.25) is 5.95 Å². The minimum Gasteiger partial charge on any atom is -0.483 e. The Bertz CT molecular complexity index is 1010. The molecule has 1 heterocycles. The molecule has 2 aromatic carbocycles. The number of nitrogens with one attached hydrogen (secondary N) is 2. The minimum atomic E-state index is -1.31. The smallest absolute Gasteiger partial charge is 0.411 e. The molecule has 0 spiro atoms. The van der Waals surface area contributed by atoms with Crippen molar-refractivity contribution in [3.05, 3.63) is 51.5 Å². The molecule has 0 aliphatic carbocycles. The van der Waals surface area contributed by atoms with Crippen molar-refractivity contribution in [2.45, 2.75) is 13.0 Å². The number of aromatic amines is 1. The number of carbonyl (C=O) groups is 1. The number of carboxylic acid groups (broad SMARTS) is 1. The van der Waals surface area contributed by atoms with Gasteiger partial charge in [-0.2, -0.15) is 0 Å². The molecule has 0 aliphatic rings. The second-order valence-electron chi connectivity index (χ2n) is 5.33. The fraction of sp³-hybridized carbons (Fsp3) is 0.125. The Balaban J connectivity index is 1.94. The zero-order valence-electron chi connectivity index (χ0n) is 13.1. The second-order valence-corrected chi connectivity index (χ2v) is 6.12. The summed E-state index contributed by atoms with van der Waals surface area (Å²) >= 11 is 12.0. The highest BCUT2D eigenvalue weighted by Crippen LogP contribution is 2.36. The minimum absolute atomic E-state index is 0.0617. The molecule has 0 bridgehead atoms. The largest absolute Gasteiger partial charge is 0.483 e. The predicted octanol–water partition coefficient (Wildman–Crippen LogP) is 5.38. The number of nitrogens with zero attached hydrogens (tertiary/aromatic N) is 1. The number of amides is 1. The van der Waals surface area contributed by atoms with E-state index in [9.17, 15) is 13.6 Å². The van der Waals surface area contributed by atoms with E-state index in [0.717, 1.165) is 12.1 Å². The summed E-state index contributed by atoms with van der Waals surface area (Å²) in [6.07, 6.45) is -2.16. The van der Waals surface area contributed by atoms with Gasteiger partial charge in [-0.25, -0.2) is 18.6 Å². The van der Waals surface area contributed by atoms with Crippen LogP contribution in [0.4, 0.5) is 19.5 Å². The maximum atomic E-state index is 14.3. The first kappa shape index (κ1) is 18.2. The number of anilines is 1. The first-order valence-corrected chi connectivity index (χ1v) is 8.01. The van der Waals surface area contributed by atoms with Crippen LogP contribution in [0.2, 0.25) is 10.0 Å². The Morgan fingerprint density at radius 2 is 2.04 bits per heavy atom. The molecule has 1 atom stereocenters. The number of imidazole rings is 1. The highest BCUT2D eigenvalue weighted by Gasteiger charge is 2.20. The number of halogens is 4. The number of hydrogen-bond donors (Lipinski definition) is 3. The standard InChI is InChI=1S/C16H11Cl2F2N3O3/c1-6(13-7(17)2-3-8(19)14(13)18)26-12-5-11-10(4-9(12)20)21-15(22-11)23-16(24)25/h2-6H,1H3,(H,24,25)(H2,21,22,23). The first-order valence-electron chi connectivity index (χ1n) is 7.25. The van der Waals surface area contributed by atoms with Crippen LogP contribution in [0.15, 0.2) is 24.3 Å². The molecule has 136 valence electrons. The lowest BCUT2D eigenvalue weighted by atomic mass is 10.1. The molecule has 1 unspecified atom stereocenters. The topological polar surface area (TPSA) is 87.2 Å². The Hall–Kier alpha value is -2.58. The Morgan fingerprint density at radius 3 is 2.73 bits per heavy atom. The molecule has 1 amide bonds. The predicted molar refractivity (Wildman–Crippen MR) is 93.2 cm³/mol. The van der Waals surface area contributed by atoms with Crippen molar-refractivity contribution >= 4 is 46.3 Å². The molecule has 0 saturated heterocycles. The molecule has 3 rings (SSSR count). The van der Waals surface area contributed by atoms with Crippen LogP contribution in [0.3, 0.4) is 0 Å². The summed E-state index contributed by atoms with van der Waals surface area (Å²) in [5.74, 6) is -1.63. The van der Waals surface area contributed by atoms with E-state index in [1.54, 1.807) is 6.92 Å². The van der Waals surface area contributed by atoms with E-state index in [1.165, 1.54) is 12.1 Å². The van der Waals surface area contributed by atoms with Crippen molar-refractivity contribution in [1.29, 1.82) is 0 Å². The number of benzene rings is 2. The summed E-state index contributed by atoms with van der Waals surface area (Å²) in [7, 11) is 0. The third-order valence-electron chi connectivity index (χ3n) is 3.55. The Morgan fingerprint density at radius 1 is 1.31 bits per heavy atom. The van der Waals surface area contributed by atoms with Crippen LogP contribution in [0, 0.1) is 11.6 Å². The fourth-order valence-corrected chi connectivity index (χ4v) is 3.11. The second kappa shape index (κ2) is 6.97. The van der Waals surface area contributed by atoms with Gasteiger partial charge in [0, 0.05) is 22.7 Å². The maximum Gasteiger partial charge on any atom is 0.411 e. The van der Waals surface area contributed by atoms with Crippen molar-refractivity contribution in [3.8, 4) is 5.75 Å². The summed E-state index contributed by atoms with van der Waals surface area (Å²) in [6.45, 7) is 1.54. The molecular weight excluding hydrogens is 391 g/mol. The third kappa shape index (κ3) is 3.51.